The summed E-state index contributed by atoms with van der Waals surface area (Å²) in [6, 6.07) is 14.5. The molecule has 0 spiro atoms. The van der Waals surface area contributed by atoms with E-state index in [1.54, 1.807) is 14.2 Å². The molecule has 1 aliphatic heterocycles. The SMILES string of the molecule is COc1cccc(N2Cc3ccc(OC)cc3C2CN)c1. The molecule has 2 N–H and O–H groups in total. The van der Waals surface area contributed by atoms with Crippen molar-refractivity contribution < 1.29 is 9.47 Å². The minimum atomic E-state index is 0.169. The molecule has 110 valence electrons. The van der Waals surface area contributed by atoms with E-state index in [0.29, 0.717) is 6.54 Å². The first kappa shape index (κ1) is 13.8. The maximum absolute atomic E-state index is 6.02. The molecule has 4 heteroatoms. The molecule has 1 atom stereocenters. The topological polar surface area (TPSA) is 47.7 Å². The third kappa shape index (κ3) is 2.43. The molecule has 0 aromatic heterocycles. The minimum Gasteiger partial charge on any atom is -0.497 e. The zero-order valence-electron chi connectivity index (χ0n) is 12.4. The molecule has 0 fully saturated rings. The summed E-state index contributed by atoms with van der Waals surface area (Å²) in [4.78, 5) is 2.31. The average Bonchev–Trinajstić information content (AvgIpc) is 2.92. The largest absolute Gasteiger partial charge is 0.497 e. The summed E-state index contributed by atoms with van der Waals surface area (Å²) < 4.78 is 10.6. The number of methoxy groups -OCH3 is 2. The quantitative estimate of drug-likeness (QED) is 0.938. The van der Waals surface area contributed by atoms with Crippen molar-refractivity contribution in [3.63, 3.8) is 0 Å². The molecule has 2 aromatic rings. The van der Waals surface area contributed by atoms with Crippen LogP contribution in [0.5, 0.6) is 11.5 Å². The molecule has 4 nitrogen and oxygen atoms in total. The standard InChI is InChI=1S/C17H20N2O2/c1-20-14-5-3-4-13(8-14)19-11-12-6-7-15(21-2)9-16(12)17(19)10-18/h3-9,17H,10-11,18H2,1-2H3. The van der Waals surface area contributed by atoms with E-state index in [4.69, 9.17) is 15.2 Å². The predicted molar refractivity (Wildman–Crippen MR) is 84.0 cm³/mol. The van der Waals surface area contributed by atoms with Gasteiger partial charge in [0.2, 0.25) is 0 Å². The van der Waals surface area contributed by atoms with Gasteiger partial charge < -0.3 is 20.1 Å². The van der Waals surface area contributed by atoms with E-state index < -0.39 is 0 Å². The zero-order valence-corrected chi connectivity index (χ0v) is 12.4. The first-order valence-electron chi connectivity index (χ1n) is 7.04. The first-order chi connectivity index (χ1) is 10.3. The number of hydrogen-bond donors (Lipinski definition) is 1. The highest BCUT2D eigenvalue weighted by molar-refractivity contribution is 5.58. The van der Waals surface area contributed by atoms with Crippen molar-refractivity contribution in [1.29, 1.82) is 0 Å². The maximum atomic E-state index is 6.02. The van der Waals surface area contributed by atoms with E-state index in [0.717, 1.165) is 23.7 Å². The van der Waals surface area contributed by atoms with Gasteiger partial charge in [0.1, 0.15) is 11.5 Å². The van der Waals surface area contributed by atoms with Crippen LogP contribution < -0.4 is 20.1 Å². The van der Waals surface area contributed by atoms with E-state index in [2.05, 4.69) is 23.1 Å². The summed E-state index contributed by atoms with van der Waals surface area (Å²) in [5.41, 5.74) is 9.70. The molecule has 0 bridgehead atoms. The monoisotopic (exact) mass is 284 g/mol. The lowest BCUT2D eigenvalue weighted by molar-refractivity contribution is 0.413. The molecule has 0 radical (unpaired) electrons. The Morgan fingerprint density at radius 1 is 1.10 bits per heavy atom. The average molecular weight is 284 g/mol. The molecule has 1 unspecified atom stereocenters. The lowest BCUT2D eigenvalue weighted by atomic mass is 10.0. The summed E-state index contributed by atoms with van der Waals surface area (Å²) in [5, 5.41) is 0. The number of anilines is 1. The van der Waals surface area contributed by atoms with Crippen molar-refractivity contribution >= 4 is 5.69 Å². The van der Waals surface area contributed by atoms with Gasteiger partial charge in [0, 0.05) is 24.8 Å². The Hall–Kier alpha value is -2.20. The normalized spacial score (nSPS) is 16.7. The Balaban J connectivity index is 1.98. The van der Waals surface area contributed by atoms with Crippen LogP contribution in [0.3, 0.4) is 0 Å². The number of hydrogen-bond acceptors (Lipinski definition) is 4. The fourth-order valence-corrected chi connectivity index (χ4v) is 2.93. The van der Waals surface area contributed by atoms with Gasteiger partial charge in [0.25, 0.3) is 0 Å². The molecule has 0 saturated heterocycles. The molecule has 1 aliphatic rings. The lowest BCUT2D eigenvalue weighted by Crippen LogP contribution is -2.27. The van der Waals surface area contributed by atoms with Crippen molar-refractivity contribution in [2.75, 3.05) is 25.7 Å². The van der Waals surface area contributed by atoms with Gasteiger partial charge in [-0.3, -0.25) is 0 Å². The Bertz CT molecular complexity index is 642. The van der Waals surface area contributed by atoms with Crippen LogP contribution in [0, 0.1) is 0 Å². The fourth-order valence-electron chi connectivity index (χ4n) is 2.93. The Labute approximate surface area is 125 Å². The summed E-state index contributed by atoms with van der Waals surface area (Å²) in [7, 11) is 3.37. The lowest BCUT2D eigenvalue weighted by Gasteiger charge is -2.26. The molecular weight excluding hydrogens is 264 g/mol. The van der Waals surface area contributed by atoms with Gasteiger partial charge in [-0.2, -0.15) is 0 Å². The van der Waals surface area contributed by atoms with Gasteiger partial charge in [0.15, 0.2) is 0 Å². The third-order valence-electron chi connectivity index (χ3n) is 4.04. The van der Waals surface area contributed by atoms with E-state index in [-0.39, 0.29) is 6.04 Å². The van der Waals surface area contributed by atoms with Crippen molar-refractivity contribution in [3.8, 4) is 11.5 Å². The van der Waals surface area contributed by atoms with Gasteiger partial charge in [-0.15, -0.1) is 0 Å². The predicted octanol–water partition coefficient (Wildman–Crippen LogP) is 2.72. The summed E-state index contributed by atoms with van der Waals surface area (Å²) in [5.74, 6) is 1.73. The highest BCUT2D eigenvalue weighted by atomic mass is 16.5. The molecular formula is C17H20N2O2. The number of rotatable bonds is 4. The Kier molecular flexibility index (Phi) is 3.71. The highest BCUT2D eigenvalue weighted by Crippen LogP contribution is 2.39. The van der Waals surface area contributed by atoms with Crippen LogP contribution in [0.25, 0.3) is 0 Å². The third-order valence-corrected chi connectivity index (χ3v) is 4.04. The highest BCUT2D eigenvalue weighted by Gasteiger charge is 2.29. The van der Waals surface area contributed by atoms with Crippen LogP contribution in [-0.2, 0) is 6.54 Å². The van der Waals surface area contributed by atoms with Crippen molar-refractivity contribution in [2.45, 2.75) is 12.6 Å². The van der Waals surface area contributed by atoms with Crippen LogP contribution in [0.2, 0.25) is 0 Å². The van der Waals surface area contributed by atoms with Crippen molar-refractivity contribution in [2.24, 2.45) is 5.73 Å². The van der Waals surface area contributed by atoms with Gasteiger partial charge in [-0.25, -0.2) is 0 Å². The first-order valence-corrected chi connectivity index (χ1v) is 7.04. The van der Waals surface area contributed by atoms with Gasteiger partial charge in [-0.1, -0.05) is 12.1 Å². The molecule has 1 heterocycles. The molecule has 0 aliphatic carbocycles. The van der Waals surface area contributed by atoms with Crippen LogP contribution in [0.4, 0.5) is 5.69 Å². The molecule has 0 saturated carbocycles. The van der Waals surface area contributed by atoms with Crippen molar-refractivity contribution in [3.05, 3.63) is 53.6 Å². The number of nitrogens with two attached hydrogens (primary N) is 1. The number of ether oxygens (including phenoxy) is 2. The maximum Gasteiger partial charge on any atom is 0.120 e. The number of benzene rings is 2. The molecule has 21 heavy (non-hydrogen) atoms. The Morgan fingerprint density at radius 2 is 1.86 bits per heavy atom. The van der Waals surface area contributed by atoms with Crippen LogP contribution >= 0.6 is 0 Å². The van der Waals surface area contributed by atoms with Gasteiger partial charge in [-0.05, 0) is 35.4 Å². The van der Waals surface area contributed by atoms with E-state index in [1.807, 2.05) is 24.3 Å². The summed E-state index contributed by atoms with van der Waals surface area (Å²) in [6.07, 6.45) is 0. The second-order valence-corrected chi connectivity index (χ2v) is 5.15. The Morgan fingerprint density at radius 3 is 2.57 bits per heavy atom. The number of nitrogens with zero attached hydrogens (tertiary/aromatic N) is 1. The molecule has 0 amide bonds. The van der Waals surface area contributed by atoms with Crippen molar-refractivity contribution in [1.82, 2.24) is 0 Å². The number of fused-ring (bicyclic) bond motifs is 1. The molecule has 2 aromatic carbocycles. The van der Waals surface area contributed by atoms with E-state index >= 15 is 0 Å². The smallest absolute Gasteiger partial charge is 0.120 e. The second kappa shape index (κ2) is 5.66. The summed E-state index contributed by atoms with van der Waals surface area (Å²) >= 11 is 0. The molecule has 3 rings (SSSR count). The van der Waals surface area contributed by atoms with E-state index in [9.17, 15) is 0 Å². The minimum absolute atomic E-state index is 0.169. The second-order valence-electron chi connectivity index (χ2n) is 5.15. The van der Waals surface area contributed by atoms with Gasteiger partial charge in [0.05, 0.1) is 20.3 Å². The summed E-state index contributed by atoms with van der Waals surface area (Å²) in [6.45, 7) is 1.42. The fraction of sp³-hybridized carbons (Fsp3) is 0.294. The van der Waals surface area contributed by atoms with Crippen LogP contribution in [0.1, 0.15) is 17.2 Å². The van der Waals surface area contributed by atoms with Crippen LogP contribution in [0.15, 0.2) is 42.5 Å². The zero-order chi connectivity index (χ0) is 14.8. The van der Waals surface area contributed by atoms with Gasteiger partial charge >= 0.3 is 0 Å². The van der Waals surface area contributed by atoms with Crippen LogP contribution in [-0.4, -0.2) is 20.8 Å². The van der Waals surface area contributed by atoms with E-state index in [1.165, 1.54) is 11.1 Å².